The second-order valence-electron chi connectivity index (χ2n) is 4.18. The largest absolute Gasteiger partial charge is 0.355 e. The predicted molar refractivity (Wildman–Crippen MR) is 71.8 cm³/mol. The molecule has 92 valence electrons. The number of hydrogen-bond donors (Lipinski definition) is 0. The van der Waals surface area contributed by atoms with Gasteiger partial charge in [-0.15, -0.1) is 0 Å². The first-order valence-corrected chi connectivity index (χ1v) is 6.89. The van der Waals surface area contributed by atoms with E-state index in [0.717, 1.165) is 29.0 Å². The van der Waals surface area contributed by atoms with E-state index in [0.29, 0.717) is 0 Å². The van der Waals surface area contributed by atoms with E-state index in [1.807, 2.05) is 24.4 Å². The average molecular weight is 258 g/mol. The quantitative estimate of drug-likeness (QED) is 0.846. The van der Waals surface area contributed by atoms with Crippen molar-refractivity contribution in [3.63, 3.8) is 0 Å². The van der Waals surface area contributed by atoms with Crippen molar-refractivity contribution in [2.45, 2.75) is 22.9 Å². The van der Waals surface area contributed by atoms with Crippen molar-refractivity contribution in [2.24, 2.45) is 0 Å². The maximum Gasteiger partial charge on any atom is 0.148 e. The second-order valence-corrected chi connectivity index (χ2v) is 5.22. The zero-order chi connectivity index (χ0) is 12.2. The fourth-order valence-corrected chi connectivity index (χ4v) is 2.73. The van der Waals surface area contributed by atoms with Crippen LogP contribution in [0.4, 0.5) is 5.82 Å². The molecule has 0 radical (unpaired) electrons. The van der Waals surface area contributed by atoms with Gasteiger partial charge in [-0.05, 0) is 36.7 Å². The van der Waals surface area contributed by atoms with Crippen LogP contribution in [-0.2, 0) is 0 Å². The van der Waals surface area contributed by atoms with Crippen molar-refractivity contribution in [2.75, 3.05) is 18.0 Å². The number of anilines is 1. The van der Waals surface area contributed by atoms with E-state index in [-0.39, 0.29) is 0 Å². The summed E-state index contributed by atoms with van der Waals surface area (Å²) in [6.45, 7) is 2.18. The maximum absolute atomic E-state index is 4.64. The Labute approximate surface area is 110 Å². The van der Waals surface area contributed by atoms with E-state index in [1.54, 1.807) is 24.2 Å². The van der Waals surface area contributed by atoms with Gasteiger partial charge in [0.15, 0.2) is 0 Å². The molecule has 1 saturated heterocycles. The van der Waals surface area contributed by atoms with Gasteiger partial charge < -0.3 is 4.90 Å². The van der Waals surface area contributed by atoms with Crippen LogP contribution >= 0.6 is 11.8 Å². The van der Waals surface area contributed by atoms with Crippen molar-refractivity contribution < 1.29 is 0 Å². The Morgan fingerprint density at radius 2 is 1.94 bits per heavy atom. The highest BCUT2D eigenvalue weighted by Gasteiger charge is 2.14. The first-order valence-electron chi connectivity index (χ1n) is 6.08. The molecule has 2 aromatic heterocycles. The summed E-state index contributed by atoms with van der Waals surface area (Å²) in [5.74, 6) is 0.980. The van der Waals surface area contributed by atoms with Crippen LogP contribution in [-0.4, -0.2) is 28.0 Å². The molecule has 18 heavy (non-hydrogen) atoms. The van der Waals surface area contributed by atoms with Gasteiger partial charge in [0.1, 0.15) is 15.9 Å². The molecule has 1 aliphatic rings. The Hall–Kier alpha value is -1.62. The van der Waals surface area contributed by atoms with Crippen molar-refractivity contribution in [3.05, 3.63) is 36.8 Å². The van der Waals surface area contributed by atoms with Gasteiger partial charge in [-0.2, -0.15) is 0 Å². The minimum atomic E-state index is 0.901. The Bertz CT molecular complexity index is 511. The average Bonchev–Trinajstić information content (AvgIpc) is 2.94. The van der Waals surface area contributed by atoms with Gasteiger partial charge in [0.25, 0.3) is 0 Å². The fraction of sp³-hybridized carbons (Fsp3) is 0.308. The molecule has 1 aliphatic heterocycles. The van der Waals surface area contributed by atoms with Gasteiger partial charge in [-0.3, -0.25) is 4.98 Å². The number of aromatic nitrogens is 3. The Morgan fingerprint density at radius 1 is 1.06 bits per heavy atom. The highest BCUT2D eigenvalue weighted by Crippen LogP contribution is 2.25. The molecule has 0 aliphatic carbocycles. The minimum Gasteiger partial charge on any atom is -0.355 e. The molecule has 3 rings (SSSR count). The maximum atomic E-state index is 4.64. The van der Waals surface area contributed by atoms with Crippen LogP contribution in [0.25, 0.3) is 0 Å². The predicted octanol–water partition coefficient (Wildman–Crippen LogP) is 2.62. The molecule has 0 amide bonds. The summed E-state index contributed by atoms with van der Waals surface area (Å²) in [5, 5.41) is 1.85. The molecule has 0 unspecified atom stereocenters. The van der Waals surface area contributed by atoms with Crippen LogP contribution in [0.5, 0.6) is 0 Å². The molecular formula is C13H14N4S. The molecule has 0 N–H and O–H groups in total. The third-order valence-electron chi connectivity index (χ3n) is 2.88. The van der Waals surface area contributed by atoms with E-state index >= 15 is 0 Å². The van der Waals surface area contributed by atoms with Crippen LogP contribution in [0.1, 0.15) is 12.8 Å². The molecule has 2 aromatic rings. The van der Waals surface area contributed by atoms with Crippen LogP contribution in [0.3, 0.4) is 0 Å². The van der Waals surface area contributed by atoms with Gasteiger partial charge in [-0.1, -0.05) is 6.07 Å². The lowest BCUT2D eigenvalue weighted by atomic mass is 10.4. The van der Waals surface area contributed by atoms with Crippen LogP contribution < -0.4 is 4.90 Å². The normalized spacial score (nSPS) is 15.0. The third-order valence-corrected chi connectivity index (χ3v) is 3.73. The molecule has 0 saturated carbocycles. The van der Waals surface area contributed by atoms with E-state index in [4.69, 9.17) is 0 Å². The van der Waals surface area contributed by atoms with Crippen LogP contribution in [0.15, 0.2) is 46.8 Å². The van der Waals surface area contributed by atoms with Crippen molar-refractivity contribution in [1.29, 1.82) is 0 Å². The molecule has 3 heterocycles. The van der Waals surface area contributed by atoms with Gasteiger partial charge in [0.05, 0.1) is 12.4 Å². The monoisotopic (exact) mass is 258 g/mol. The van der Waals surface area contributed by atoms with E-state index in [1.165, 1.54) is 12.8 Å². The van der Waals surface area contributed by atoms with Gasteiger partial charge in [0.2, 0.25) is 0 Å². The van der Waals surface area contributed by atoms with E-state index in [9.17, 15) is 0 Å². The summed E-state index contributed by atoms with van der Waals surface area (Å²) in [6.07, 6.45) is 7.92. The molecule has 1 fully saturated rings. The zero-order valence-corrected chi connectivity index (χ0v) is 10.8. The van der Waals surface area contributed by atoms with Crippen molar-refractivity contribution in [3.8, 4) is 0 Å². The molecule has 0 aromatic carbocycles. The Balaban J connectivity index is 1.78. The minimum absolute atomic E-state index is 0.901. The lowest BCUT2D eigenvalue weighted by molar-refractivity contribution is 0.898. The molecule has 0 spiro atoms. The summed E-state index contributed by atoms with van der Waals surface area (Å²) in [6, 6.07) is 5.87. The summed E-state index contributed by atoms with van der Waals surface area (Å²) >= 11 is 1.55. The van der Waals surface area contributed by atoms with Crippen molar-refractivity contribution >= 4 is 17.6 Å². The second kappa shape index (κ2) is 5.35. The summed E-state index contributed by atoms with van der Waals surface area (Å²) in [7, 11) is 0. The van der Waals surface area contributed by atoms with Crippen molar-refractivity contribution in [1.82, 2.24) is 15.0 Å². The Morgan fingerprint density at radius 3 is 2.72 bits per heavy atom. The summed E-state index contributed by atoms with van der Waals surface area (Å²) in [4.78, 5) is 15.5. The lowest BCUT2D eigenvalue weighted by Gasteiger charge is -2.15. The number of pyridine rings is 1. The smallest absolute Gasteiger partial charge is 0.148 e. The lowest BCUT2D eigenvalue weighted by Crippen LogP contribution is -2.19. The van der Waals surface area contributed by atoms with Gasteiger partial charge in [0, 0.05) is 19.3 Å². The van der Waals surface area contributed by atoms with Gasteiger partial charge >= 0.3 is 0 Å². The molecule has 4 nitrogen and oxygen atoms in total. The Kier molecular flexibility index (Phi) is 3.41. The zero-order valence-electron chi connectivity index (χ0n) is 9.99. The topological polar surface area (TPSA) is 41.9 Å². The fourth-order valence-electron chi connectivity index (χ4n) is 2.00. The first-order chi connectivity index (χ1) is 8.92. The highest BCUT2D eigenvalue weighted by molar-refractivity contribution is 7.99. The molecule has 0 bridgehead atoms. The summed E-state index contributed by atoms with van der Waals surface area (Å²) < 4.78 is 0. The number of hydrogen-bond acceptors (Lipinski definition) is 5. The molecule has 5 heteroatoms. The first kappa shape index (κ1) is 11.5. The van der Waals surface area contributed by atoms with E-state index < -0.39 is 0 Å². The van der Waals surface area contributed by atoms with Gasteiger partial charge in [-0.25, -0.2) is 9.97 Å². The molecular weight excluding hydrogens is 244 g/mol. The van der Waals surface area contributed by atoms with Crippen LogP contribution in [0.2, 0.25) is 0 Å². The third kappa shape index (κ3) is 2.61. The summed E-state index contributed by atoms with van der Waals surface area (Å²) in [5.41, 5.74) is 0. The SMILES string of the molecule is c1ccc(Sc2cncc(N3CCCC3)n2)nc1. The highest BCUT2D eigenvalue weighted by atomic mass is 32.2. The van der Waals surface area contributed by atoms with Crippen LogP contribution in [0, 0.1) is 0 Å². The standard InChI is InChI=1S/C13H14N4S/c1-2-6-15-12(5-1)18-13-10-14-9-11(16-13)17-7-3-4-8-17/h1-2,5-6,9-10H,3-4,7-8H2. The molecule has 0 atom stereocenters. The number of rotatable bonds is 3. The number of nitrogens with zero attached hydrogens (tertiary/aromatic N) is 4. The van der Waals surface area contributed by atoms with E-state index in [2.05, 4.69) is 19.9 Å².